The predicted octanol–water partition coefficient (Wildman–Crippen LogP) is 6.49. The number of pyridine rings is 1. The molecule has 32 heavy (non-hydrogen) atoms. The molecule has 0 N–H and O–H groups in total. The van der Waals surface area contributed by atoms with Crippen molar-refractivity contribution in [1.29, 1.82) is 0 Å². The van der Waals surface area contributed by atoms with Gasteiger partial charge >= 0.3 is 0 Å². The summed E-state index contributed by atoms with van der Waals surface area (Å²) in [5, 5.41) is 0. The minimum atomic E-state index is 0.0406. The molecule has 4 aromatic rings. The normalized spacial score (nSPS) is 14.6. The number of nitrogens with zero attached hydrogens (tertiary/aromatic N) is 2. The monoisotopic (exact) mass is 422 g/mol. The lowest BCUT2D eigenvalue weighted by atomic mass is 10.1. The van der Waals surface area contributed by atoms with Gasteiger partial charge in [0.1, 0.15) is 6.10 Å². The fraction of sp³-hybridized carbons (Fsp3) is 0.179. The smallest absolute Gasteiger partial charge is 0.164 e. The predicted molar refractivity (Wildman–Crippen MR) is 128 cm³/mol. The number of aryl methyl sites for hydroxylation is 1. The van der Waals surface area contributed by atoms with E-state index in [1.165, 1.54) is 11.1 Å². The summed E-state index contributed by atoms with van der Waals surface area (Å²) in [6, 6.07) is 29.2. The number of aromatic nitrogens is 1. The van der Waals surface area contributed by atoms with E-state index < -0.39 is 0 Å². The van der Waals surface area contributed by atoms with E-state index in [1.807, 2.05) is 24.4 Å². The number of hydrogen-bond donors (Lipinski definition) is 0. The van der Waals surface area contributed by atoms with Crippen molar-refractivity contribution >= 4 is 11.4 Å². The highest BCUT2D eigenvalue weighted by molar-refractivity contribution is 5.66. The molecule has 1 unspecified atom stereocenters. The number of benzene rings is 3. The van der Waals surface area contributed by atoms with E-state index in [0.717, 1.165) is 41.3 Å². The molecular weight excluding hydrogens is 396 g/mol. The fourth-order valence-corrected chi connectivity index (χ4v) is 4.33. The maximum atomic E-state index is 6.54. The Bertz CT molecular complexity index is 1180. The van der Waals surface area contributed by atoms with Crippen LogP contribution in [0.25, 0.3) is 0 Å². The number of anilines is 2. The summed E-state index contributed by atoms with van der Waals surface area (Å²) < 4.78 is 12.2. The minimum absolute atomic E-state index is 0.0406. The summed E-state index contributed by atoms with van der Waals surface area (Å²) in [7, 11) is 1.69. The van der Waals surface area contributed by atoms with Gasteiger partial charge in [-0.2, -0.15) is 0 Å². The van der Waals surface area contributed by atoms with Gasteiger partial charge in [0.05, 0.1) is 7.11 Å². The van der Waals surface area contributed by atoms with Gasteiger partial charge in [0.2, 0.25) is 0 Å². The first-order valence-corrected chi connectivity index (χ1v) is 11.0. The Morgan fingerprint density at radius 1 is 0.875 bits per heavy atom. The molecule has 4 nitrogen and oxygen atoms in total. The van der Waals surface area contributed by atoms with Crippen molar-refractivity contribution in [3.63, 3.8) is 0 Å². The zero-order chi connectivity index (χ0) is 21.8. The number of methoxy groups -OCH3 is 1. The van der Waals surface area contributed by atoms with Gasteiger partial charge in [-0.05, 0) is 59.9 Å². The molecule has 0 spiro atoms. The van der Waals surface area contributed by atoms with E-state index in [4.69, 9.17) is 9.47 Å². The number of fused-ring (bicyclic) bond motifs is 1. The van der Waals surface area contributed by atoms with E-state index in [2.05, 4.69) is 76.6 Å². The van der Waals surface area contributed by atoms with Crippen molar-refractivity contribution in [2.75, 3.05) is 12.0 Å². The summed E-state index contributed by atoms with van der Waals surface area (Å²) in [5.74, 6) is 1.51. The number of ether oxygens (including phenoxy) is 2. The highest BCUT2D eigenvalue weighted by Crippen LogP contribution is 2.41. The average molecular weight is 423 g/mol. The summed E-state index contributed by atoms with van der Waals surface area (Å²) in [5.41, 5.74) is 5.94. The maximum Gasteiger partial charge on any atom is 0.164 e. The van der Waals surface area contributed by atoms with Crippen molar-refractivity contribution in [3.8, 4) is 11.5 Å². The van der Waals surface area contributed by atoms with Crippen molar-refractivity contribution < 1.29 is 9.47 Å². The largest absolute Gasteiger partial charge is 0.493 e. The van der Waals surface area contributed by atoms with Crippen LogP contribution >= 0.6 is 0 Å². The van der Waals surface area contributed by atoms with Crippen LogP contribution in [0.5, 0.6) is 11.5 Å². The summed E-state index contributed by atoms with van der Waals surface area (Å²) in [4.78, 5) is 6.56. The molecular formula is C28H26N2O2. The standard InChI is InChI=1S/C28H26N2O2/c1-31-27-16-14-24(18-28(27)32-26-15-13-22-9-5-6-12-25(22)26)30(23-10-3-2-4-11-23)20-21-8-7-17-29-19-21/h2-12,14,16-19,26H,13,15,20H2,1H3. The van der Waals surface area contributed by atoms with Crippen LogP contribution in [0.15, 0.2) is 97.3 Å². The first kappa shape index (κ1) is 20.1. The molecule has 0 fully saturated rings. The molecule has 1 aliphatic carbocycles. The SMILES string of the molecule is COc1ccc(N(Cc2cccnc2)c2ccccc2)cc1OC1CCc2ccccc21. The van der Waals surface area contributed by atoms with Gasteiger partial charge in [0, 0.05) is 36.4 Å². The van der Waals surface area contributed by atoms with Gasteiger partial charge in [-0.3, -0.25) is 4.98 Å². The molecule has 1 heterocycles. The lowest BCUT2D eigenvalue weighted by molar-refractivity contribution is 0.198. The van der Waals surface area contributed by atoms with Crippen molar-refractivity contribution in [2.24, 2.45) is 0 Å². The van der Waals surface area contributed by atoms with Crippen LogP contribution in [-0.2, 0) is 13.0 Å². The molecule has 1 aromatic heterocycles. The van der Waals surface area contributed by atoms with Gasteiger partial charge in [-0.15, -0.1) is 0 Å². The summed E-state index contributed by atoms with van der Waals surface area (Å²) in [6.45, 7) is 0.704. The molecule has 0 amide bonds. The van der Waals surface area contributed by atoms with E-state index in [-0.39, 0.29) is 6.10 Å². The Labute approximate surface area is 189 Å². The quantitative estimate of drug-likeness (QED) is 0.341. The first-order chi connectivity index (χ1) is 15.8. The Hall–Kier alpha value is -3.79. The molecule has 0 saturated heterocycles. The van der Waals surface area contributed by atoms with Gasteiger partial charge < -0.3 is 14.4 Å². The van der Waals surface area contributed by atoms with Crippen molar-refractivity contribution in [2.45, 2.75) is 25.5 Å². The molecule has 0 bridgehead atoms. The molecule has 1 atom stereocenters. The highest BCUT2D eigenvalue weighted by atomic mass is 16.5. The van der Waals surface area contributed by atoms with Crippen molar-refractivity contribution in [3.05, 3.63) is 114 Å². The maximum absolute atomic E-state index is 6.54. The van der Waals surface area contributed by atoms with Crippen LogP contribution < -0.4 is 14.4 Å². The van der Waals surface area contributed by atoms with Crippen LogP contribution in [0, 0.1) is 0 Å². The lowest BCUT2D eigenvalue weighted by Crippen LogP contribution is -2.17. The van der Waals surface area contributed by atoms with Crippen LogP contribution in [0.2, 0.25) is 0 Å². The van der Waals surface area contributed by atoms with Crippen molar-refractivity contribution in [1.82, 2.24) is 4.98 Å². The van der Waals surface area contributed by atoms with Crippen LogP contribution in [0.1, 0.15) is 29.2 Å². The Balaban J connectivity index is 1.50. The van der Waals surface area contributed by atoms with E-state index >= 15 is 0 Å². The zero-order valence-corrected chi connectivity index (χ0v) is 18.1. The van der Waals surface area contributed by atoms with Crippen LogP contribution in [0.3, 0.4) is 0 Å². The Morgan fingerprint density at radius 3 is 2.53 bits per heavy atom. The second-order valence-corrected chi connectivity index (χ2v) is 7.96. The van der Waals surface area contributed by atoms with E-state index in [0.29, 0.717) is 6.54 Å². The number of para-hydroxylation sites is 1. The first-order valence-electron chi connectivity index (χ1n) is 11.0. The fourth-order valence-electron chi connectivity index (χ4n) is 4.33. The minimum Gasteiger partial charge on any atom is -0.493 e. The molecule has 3 aromatic carbocycles. The van der Waals surface area contributed by atoms with Gasteiger partial charge in [-0.1, -0.05) is 48.5 Å². The van der Waals surface area contributed by atoms with Gasteiger partial charge in [0.15, 0.2) is 11.5 Å². The Kier molecular flexibility index (Phi) is 5.75. The second-order valence-electron chi connectivity index (χ2n) is 7.96. The van der Waals surface area contributed by atoms with Crippen LogP contribution in [-0.4, -0.2) is 12.1 Å². The third-order valence-corrected chi connectivity index (χ3v) is 5.94. The molecule has 0 aliphatic heterocycles. The lowest BCUT2D eigenvalue weighted by Gasteiger charge is -2.26. The summed E-state index contributed by atoms with van der Waals surface area (Å²) >= 11 is 0. The third kappa shape index (κ3) is 4.17. The number of hydrogen-bond acceptors (Lipinski definition) is 4. The zero-order valence-electron chi connectivity index (χ0n) is 18.1. The molecule has 0 radical (unpaired) electrons. The molecule has 4 heteroatoms. The molecule has 1 aliphatic rings. The topological polar surface area (TPSA) is 34.6 Å². The third-order valence-electron chi connectivity index (χ3n) is 5.94. The average Bonchev–Trinajstić information content (AvgIpc) is 3.26. The molecule has 160 valence electrons. The number of rotatable bonds is 7. The molecule has 0 saturated carbocycles. The van der Waals surface area contributed by atoms with E-state index in [9.17, 15) is 0 Å². The Morgan fingerprint density at radius 2 is 1.72 bits per heavy atom. The van der Waals surface area contributed by atoms with Gasteiger partial charge in [-0.25, -0.2) is 0 Å². The van der Waals surface area contributed by atoms with Gasteiger partial charge in [0.25, 0.3) is 0 Å². The highest BCUT2D eigenvalue weighted by Gasteiger charge is 2.25. The van der Waals surface area contributed by atoms with E-state index in [1.54, 1.807) is 13.3 Å². The second kappa shape index (κ2) is 9.15. The summed E-state index contributed by atoms with van der Waals surface area (Å²) in [6.07, 6.45) is 5.77. The van der Waals surface area contributed by atoms with Crippen LogP contribution in [0.4, 0.5) is 11.4 Å². The molecule has 5 rings (SSSR count).